The van der Waals surface area contributed by atoms with Gasteiger partial charge in [0.05, 0.1) is 18.8 Å². The molecule has 0 radical (unpaired) electrons. The van der Waals surface area contributed by atoms with Crippen molar-refractivity contribution in [1.82, 2.24) is 4.31 Å². The first kappa shape index (κ1) is 16.4. The largest absolute Gasteiger partial charge is 0.484 e. The molecule has 0 amide bonds. The number of ether oxygens (including phenoxy) is 1. The average molecular weight is 360 g/mol. The van der Waals surface area contributed by atoms with Crippen molar-refractivity contribution in [3.8, 4) is 5.75 Å². The maximum atomic E-state index is 13.3. The van der Waals surface area contributed by atoms with Crippen molar-refractivity contribution in [3.05, 3.63) is 59.7 Å². The van der Waals surface area contributed by atoms with Crippen LogP contribution in [0.4, 0.5) is 5.69 Å². The van der Waals surface area contributed by atoms with Crippen molar-refractivity contribution in [3.63, 3.8) is 0 Å². The molecule has 1 unspecified atom stereocenters. The summed E-state index contributed by atoms with van der Waals surface area (Å²) in [6.45, 7) is 0.682. The fourth-order valence-corrected chi connectivity index (χ4v) is 5.04. The number of benzene rings is 2. The summed E-state index contributed by atoms with van der Waals surface area (Å²) in [5.74, 6) is 0.480. The fourth-order valence-electron chi connectivity index (χ4n) is 3.38. The average Bonchev–Trinajstić information content (AvgIpc) is 2.66. The molecule has 4 rings (SSSR count). The molecular weight excluding hydrogens is 340 g/mol. The van der Waals surface area contributed by atoms with E-state index in [1.54, 1.807) is 24.3 Å². The number of anilines is 1. The number of aliphatic hydroxyl groups is 1. The van der Waals surface area contributed by atoms with E-state index in [1.165, 1.54) is 14.2 Å². The molecule has 2 aromatic rings. The zero-order valence-corrected chi connectivity index (χ0v) is 14.5. The number of nitrogens with zero attached hydrogens (tertiary/aromatic N) is 2. The molecule has 132 valence electrons. The number of para-hydroxylation sites is 2. The Morgan fingerprint density at radius 3 is 2.60 bits per heavy atom. The van der Waals surface area contributed by atoms with E-state index >= 15 is 0 Å². The summed E-state index contributed by atoms with van der Waals surface area (Å²) in [7, 11) is -3.71. The second kappa shape index (κ2) is 6.33. The van der Waals surface area contributed by atoms with E-state index in [-0.39, 0.29) is 13.2 Å². The van der Waals surface area contributed by atoms with E-state index in [2.05, 4.69) is 0 Å². The third-order valence-electron chi connectivity index (χ3n) is 4.70. The first-order valence-electron chi connectivity index (χ1n) is 8.31. The molecule has 0 saturated carbocycles. The van der Waals surface area contributed by atoms with Crippen LogP contribution in [0.2, 0.25) is 0 Å². The molecule has 25 heavy (non-hydrogen) atoms. The van der Waals surface area contributed by atoms with Crippen LogP contribution in [0.5, 0.6) is 5.75 Å². The summed E-state index contributed by atoms with van der Waals surface area (Å²) in [6.07, 6.45) is 0.131. The quantitative estimate of drug-likeness (QED) is 0.902. The van der Waals surface area contributed by atoms with Crippen LogP contribution in [0.25, 0.3) is 0 Å². The molecule has 2 aliphatic rings. The van der Waals surface area contributed by atoms with Gasteiger partial charge in [-0.2, -0.15) is 12.7 Å². The summed E-state index contributed by atoms with van der Waals surface area (Å²) in [6, 6.07) is 15.0. The second-order valence-corrected chi connectivity index (χ2v) is 8.13. The first-order chi connectivity index (χ1) is 12.1. The summed E-state index contributed by atoms with van der Waals surface area (Å²) >= 11 is 0. The van der Waals surface area contributed by atoms with E-state index in [0.717, 1.165) is 5.56 Å². The van der Waals surface area contributed by atoms with Crippen molar-refractivity contribution in [2.24, 2.45) is 0 Å². The molecule has 7 heteroatoms. The minimum atomic E-state index is -3.71. The van der Waals surface area contributed by atoms with Crippen LogP contribution < -0.4 is 9.04 Å². The van der Waals surface area contributed by atoms with Crippen molar-refractivity contribution >= 4 is 15.9 Å². The molecular formula is C18H20N2O4S. The smallest absolute Gasteiger partial charge is 0.304 e. The van der Waals surface area contributed by atoms with Crippen LogP contribution in [-0.2, 0) is 23.2 Å². The van der Waals surface area contributed by atoms with Gasteiger partial charge >= 0.3 is 10.2 Å². The third kappa shape index (κ3) is 2.88. The molecule has 0 fully saturated rings. The highest BCUT2D eigenvalue weighted by molar-refractivity contribution is 7.90. The van der Waals surface area contributed by atoms with Gasteiger partial charge in [0.25, 0.3) is 0 Å². The molecule has 2 aromatic carbocycles. The zero-order valence-electron chi connectivity index (χ0n) is 13.7. The SMILES string of the molecule is O=S(=O)(N1CCc2ccccc2C1)N1CC(CO)Oc2ccccc21. The van der Waals surface area contributed by atoms with Gasteiger partial charge in [0.15, 0.2) is 0 Å². The van der Waals surface area contributed by atoms with Gasteiger partial charge < -0.3 is 9.84 Å². The maximum absolute atomic E-state index is 13.3. The van der Waals surface area contributed by atoms with Gasteiger partial charge in [0, 0.05) is 13.1 Å². The number of rotatable bonds is 3. The van der Waals surface area contributed by atoms with E-state index in [0.29, 0.717) is 30.9 Å². The van der Waals surface area contributed by atoms with Gasteiger partial charge in [-0.3, -0.25) is 4.31 Å². The lowest BCUT2D eigenvalue weighted by molar-refractivity contribution is 0.116. The lowest BCUT2D eigenvalue weighted by Crippen LogP contribution is -2.51. The Kier molecular flexibility index (Phi) is 4.15. The normalized spacial score (nSPS) is 20.5. The molecule has 6 nitrogen and oxygen atoms in total. The monoisotopic (exact) mass is 360 g/mol. The van der Waals surface area contributed by atoms with E-state index < -0.39 is 16.3 Å². The minimum Gasteiger partial charge on any atom is -0.484 e. The van der Waals surface area contributed by atoms with Crippen LogP contribution in [0.1, 0.15) is 11.1 Å². The van der Waals surface area contributed by atoms with E-state index in [4.69, 9.17) is 4.74 Å². The van der Waals surface area contributed by atoms with Gasteiger partial charge in [0.2, 0.25) is 0 Å². The Morgan fingerprint density at radius 2 is 1.80 bits per heavy atom. The molecule has 2 heterocycles. The highest BCUT2D eigenvalue weighted by Gasteiger charge is 2.37. The Morgan fingerprint density at radius 1 is 1.08 bits per heavy atom. The topological polar surface area (TPSA) is 70.1 Å². The second-order valence-electron chi connectivity index (χ2n) is 6.28. The highest BCUT2D eigenvalue weighted by atomic mass is 32.2. The molecule has 0 saturated heterocycles. The van der Waals surface area contributed by atoms with Crippen LogP contribution in [0.15, 0.2) is 48.5 Å². The zero-order chi connectivity index (χ0) is 17.4. The summed E-state index contributed by atoms with van der Waals surface area (Å²) in [5, 5.41) is 9.48. The Hall–Kier alpha value is -2.09. The van der Waals surface area contributed by atoms with Gasteiger partial charge in [-0.25, -0.2) is 0 Å². The number of fused-ring (bicyclic) bond motifs is 2. The van der Waals surface area contributed by atoms with Gasteiger partial charge in [-0.15, -0.1) is 0 Å². The predicted octanol–water partition coefficient (Wildman–Crippen LogP) is 1.55. The Labute approximate surface area is 147 Å². The van der Waals surface area contributed by atoms with Crippen molar-refractivity contribution in [2.75, 3.05) is 24.0 Å². The van der Waals surface area contributed by atoms with Crippen LogP contribution >= 0.6 is 0 Å². The van der Waals surface area contributed by atoms with Gasteiger partial charge in [-0.05, 0) is 29.7 Å². The molecule has 0 aliphatic carbocycles. The lowest BCUT2D eigenvalue weighted by Gasteiger charge is -2.38. The Balaban J connectivity index is 1.69. The molecule has 1 atom stereocenters. The fraction of sp³-hybridized carbons (Fsp3) is 0.333. The number of hydrogen-bond acceptors (Lipinski definition) is 4. The van der Waals surface area contributed by atoms with Crippen molar-refractivity contribution < 1.29 is 18.3 Å². The number of aliphatic hydroxyl groups excluding tert-OH is 1. The van der Waals surface area contributed by atoms with Gasteiger partial charge in [0.1, 0.15) is 11.9 Å². The predicted molar refractivity (Wildman–Crippen MR) is 94.8 cm³/mol. The van der Waals surface area contributed by atoms with E-state index in [9.17, 15) is 13.5 Å². The highest BCUT2D eigenvalue weighted by Crippen LogP contribution is 2.36. The summed E-state index contributed by atoms with van der Waals surface area (Å²) < 4.78 is 35.1. The molecule has 0 spiro atoms. The molecule has 1 N–H and O–H groups in total. The van der Waals surface area contributed by atoms with Crippen LogP contribution in [-0.4, -0.2) is 43.6 Å². The lowest BCUT2D eigenvalue weighted by atomic mass is 10.0. The third-order valence-corrected chi connectivity index (χ3v) is 6.57. The van der Waals surface area contributed by atoms with E-state index in [1.807, 2.05) is 24.3 Å². The molecule has 2 aliphatic heterocycles. The standard InChI is InChI=1S/C18H20N2O4S/c21-13-16-12-20(17-7-3-4-8-18(17)24-16)25(22,23)19-10-9-14-5-1-2-6-15(14)11-19/h1-8,16,21H,9-13H2. The summed E-state index contributed by atoms with van der Waals surface area (Å²) in [4.78, 5) is 0. The van der Waals surface area contributed by atoms with Crippen molar-refractivity contribution in [2.45, 2.75) is 19.1 Å². The van der Waals surface area contributed by atoms with Gasteiger partial charge in [-0.1, -0.05) is 36.4 Å². The van der Waals surface area contributed by atoms with Crippen molar-refractivity contribution in [1.29, 1.82) is 0 Å². The van der Waals surface area contributed by atoms with Crippen LogP contribution in [0.3, 0.4) is 0 Å². The van der Waals surface area contributed by atoms with Crippen LogP contribution in [0, 0.1) is 0 Å². The number of hydrogen-bond donors (Lipinski definition) is 1. The summed E-state index contributed by atoms with van der Waals surface area (Å²) in [5.41, 5.74) is 2.76. The first-order valence-corrected chi connectivity index (χ1v) is 9.70. The minimum absolute atomic E-state index is 0.105. The molecule has 0 bridgehead atoms. The molecule has 0 aromatic heterocycles. The maximum Gasteiger partial charge on any atom is 0.304 e. The Bertz CT molecular complexity index is 884.